The van der Waals surface area contributed by atoms with E-state index in [9.17, 15) is 0 Å². The molecule has 5 heteroatoms. The minimum absolute atomic E-state index is 0.800. The van der Waals surface area contributed by atoms with Crippen LogP contribution in [-0.4, -0.2) is 16.5 Å². The van der Waals surface area contributed by atoms with Gasteiger partial charge in [-0.3, -0.25) is 0 Å². The first-order valence-electron chi connectivity index (χ1n) is 5.85. The Kier molecular flexibility index (Phi) is 3.08. The molecule has 92 valence electrons. The van der Waals surface area contributed by atoms with Crippen molar-refractivity contribution in [3.05, 3.63) is 35.0 Å². The number of aromatic nitrogens is 2. The first-order valence-corrected chi connectivity index (χ1v) is 6.73. The smallest absolute Gasteiger partial charge is 0.181 e. The number of thiazole rings is 1. The zero-order chi connectivity index (χ0) is 12.4. The van der Waals surface area contributed by atoms with Crippen LogP contribution in [0.15, 0.2) is 34.4 Å². The fourth-order valence-electron chi connectivity index (χ4n) is 1.77. The van der Waals surface area contributed by atoms with E-state index in [0.717, 1.165) is 40.5 Å². The summed E-state index contributed by atoms with van der Waals surface area (Å²) in [4.78, 5) is 8.71. The number of benzene rings is 1. The molecule has 0 fully saturated rings. The Hall–Kier alpha value is -1.72. The van der Waals surface area contributed by atoms with Gasteiger partial charge in [-0.05, 0) is 18.7 Å². The van der Waals surface area contributed by atoms with Crippen LogP contribution in [0.3, 0.4) is 0 Å². The van der Waals surface area contributed by atoms with Gasteiger partial charge in [-0.2, -0.15) is 0 Å². The molecule has 0 atom stereocenters. The van der Waals surface area contributed by atoms with Crippen molar-refractivity contribution in [3.63, 3.8) is 0 Å². The maximum atomic E-state index is 5.30. The van der Waals surface area contributed by atoms with Crippen molar-refractivity contribution >= 4 is 22.4 Å². The quantitative estimate of drug-likeness (QED) is 0.782. The van der Waals surface area contributed by atoms with Gasteiger partial charge in [-0.1, -0.05) is 13.0 Å². The highest BCUT2D eigenvalue weighted by atomic mass is 32.1. The number of hydrogen-bond acceptors (Lipinski definition) is 5. The number of fused-ring (bicyclic) bond motifs is 1. The van der Waals surface area contributed by atoms with Crippen molar-refractivity contribution in [3.8, 4) is 11.3 Å². The molecule has 0 amide bonds. The summed E-state index contributed by atoms with van der Waals surface area (Å²) in [6.45, 7) is 3.87. The van der Waals surface area contributed by atoms with E-state index in [-0.39, 0.29) is 0 Å². The predicted octanol–water partition coefficient (Wildman–Crippen LogP) is 3.06. The first-order chi connectivity index (χ1) is 8.86. The SMILES string of the molecule is CCNCc1nc(-c2ccc3ncoc3c2)cs1. The fraction of sp³-hybridized carbons (Fsp3) is 0.231. The number of nitrogens with zero attached hydrogens (tertiary/aromatic N) is 2. The zero-order valence-corrected chi connectivity index (χ0v) is 10.8. The van der Waals surface area contributed by atoms with E-state index in [0.29, 0.717) is 0 Å². The number of oxazole rings is 1. The van der Waals surface area contributed by atoms with E-state index in [2.05, 4.69) is 27.6 Å². The Morgan fingerprint density at radius 2 is 2.33 bits per heavy atom. The predicted molar refractivity (Wildman–Crippen MR) is 72.5 cm³/mol. The molecule has 2 heterocycles. The normalized spacial score (nSPS) is 11.2. The summed E-state index contributed by atoms with van der Waals surface area (Å²) < 4.78 is 5.30. The lowest BCUT2D eigenvalue weighted by atomic mass is 10.1. The fourth-order valence-corrected chi connectivity index (χ4v) is 2.54. The van der Waals surface area contributed by atoms with Crippen LogP contribution in [0.25, 0.3) is 22.4 Å². The molecule has 0 saturated heterocycles. The number of hydrogen-bond donors (Lipinski definition) is 1. The molecule has 0 aliphatic heterocycles. The summed E-state index contributed by atoms with van der Waals surface area (Å²) in [5.41, 5.74) is 3.74. The summed E-state index contributed by atoms with van der Waals surface area (Å²) >= 11 is 1.67. The van der Waals surface area contributed by atoms with E-state index >= 15 is 0 Å². The van der Waals surface area contributed by atoms with Crippen molar-refractivity contribution in [1.82, 2.24) is 15.3 Å². The molecule has 2 aromatic heterocycles. The van der Waals surface area contributed by atoms with Gasteiger partial charge in [-0.25, -0.2) is 9.97 Å². The molecule has 0 saturated carbocycles. The Balaban J connectivity index is 1.90. The van der Waals surface area contributed by atoms with Crippen molar-refractivity contribution in [2.45, 2.75) is 13.5 Å². The van der Waals surface area contributed by atoms with E-state index in [1.807, 2.05) is 18.2 Å². The molecule has 0 radical (unpaired) electrons. The molecule has 0 spiro atoms. The lowest BCUT2D eigenvalue weighted by Crippen LogP contribution is -2.11. The molecule has 3 aromatic rings. The molecule has 4 nitrogen and oxygen atoms in total. The minimum Gasteiger partial charge on any atom is -0.443 e. The molecule has 3 rings (SSSR count). The Morgan fingerprint density at radius 3 is 3.22 bits per heavy atom. The largest absolute Gasteiger partial charge is 0.443 e. The third kappa shape index (κ3) is 2.14. The van der Waals surface area contributed by atoms with E-state index in [4.69, 9.17) is 4.42 Å². The van der Waals surface area contributed by atoms with Gasteiger partial charge < -0.3 is 9.73 Å². The highest BCUT2D eigenvalue weighted by Gasteiger charge is 2.06. The van der Waals surface area contributed by atoms with Gasteiger partial charge in [0.1, 0.15) is 10.5 Å². The highest BCUT2D eigenvalue weighted by Crippen LogP contribution is 2.25. The van der Waals surface area contributed by atoms with Crippen LogP contribution < -0.4 is 5.32 Å². The topological polar surface area (TPSA) is 51.0 Å². The molecular formula is C13H13N3OS. The van der Waals surface area contributed by atoms with Gasteiger partial charge in [0.25, 0.3) is 0 Å². The van der Waals surface area contributed by atoms with Gasteiger partial charge >= 0.3 is 0 Å². The third-order valence-corrected chi connectivity index (χ3v) is 3.55. The second-order valence-corrected chi connectivity index (χ2v) is 4.88. The van der Waals surface area contributed by atoms with Crippen LogP contribution >= 0.6 is 11.3 Å². The molecule has 0 aliphatic carbocycles. The summed E-state index contributed by atoms with van der Waals surface area (Å²) in [6.07, 6.45) is 1.46. The van der Waals surface area contributed by atoms with Gasteiger partial charge in [0.05, 0.1) is 5.69 Å². The molecule has 0 bridgehead atoms. The van der Waals surface area contributed by atoms with Crippen molar-refractivity contribution in [2.75, 3.05) is 6.54 Å². The number of nitrogens with one attached hydrogen (secondary N) is 1. The Labute approximate surface area is 109 Å². The van der Waals surface area contributed by atoms with Crippen LogP contribution in [0, 0.1) is 0 Å². The van der Waals surface area contributed by atoms with Gasteiger partial charge in [0.15, 0.2) is 12.0 Å². The maximum Gasteiger partial charge on any atom is 0.181 e. The third-order valence-electron chi connectivity index (χ3n) is 2.71. The van der Waals surface area contributed by atoms with Gasteiger partial charge in [0.2, 0.25) is 0 Å². The van der Waals surface area contributed by atoms with Crippen molar-refractivity contribution in [2.24, 2.45) is 0 Å². The second-order valence-electron chi connectivity index (χ2n) is 3.94. The molecule has 0 aliphatic rings. The van der Waals surface area contributed by atoms with Gasteiger partial charge in [0, 0.05) is 17.5 Å². The van der Waals surface area contributed by atoms with E-state index in [1.165, 1.54) is 6.39 Å². The lowest BCUT2D eigenvalue weighted by molar-refractivity contribution is 0.602. The zero-order valence-electron chi connectivity index (χ0n) is 10.0. The molecule has 18 heavy (non-hydrogen) atoms. The van der Waals surface area contributed by atoms with Gasteiger partial charge in [-0.15, -0.1) is 11.3 Å². The molecule has 0 unspecified atom stereocenters. The monoisotopic (exact) mass is 259 g/mol. The highest BCUT2D eigenvalue weighted by molar-refractivity contribution is 7.09. The Morgan fingerprint density at radius 1 is 1.39 bits per heavy atom. The van der Waals surface area contributed by atoms with Crippen LogP contribution in [0.4, 0.5) is 0 Å². The maximum absolute atomic E-state index is 5.30. The van der Waals surface area contributed by atoms with Crippen LogP contribution in [0.2, 0.25) is 0 Å². The minimum atomic E-state index is 0.800. The molecule has 1 aromatic carbocycles. The Bertz CT molecular complexity index is 659. The molecular weight excluding hydrogens is 246 g/mol. The van der Waals surface area contributed by atoms with Crippen molar-refractivity contribution < 1.29 is 4.42 Å². The average molecular weight is 259 g/mol. The standard InChI is InChI=1S/C13H13N3OS/c1-2-14-6-13-16-11(7-18-13)9-3-4-10-12(5-9)17-8-15-10/h3-5,7-8,14H,2,6H2,1H3. The average Bonchev–Trinajstić information content (AvgIpc) is 3.04. The van der Waals surface area contributed by atoms with E-state index in [1.54, 1.807) is 11.3 Å². The second kappa shape index (κ2) is 4.88. The summed E-state index contributed by atoms with van der Waals surface area (Å²) in [5, 5.41) is 6.45. The molecule has 1 N–H and O–H groups in total. The number of rotatable bonds is 4. The summed E-state index contributed by atoms with van der Waals surface area (Å²) in [7, 11) is 0. The van der Waals surface area contributed by atoms with Crippen LogP contribution in [0.5, 0.6) is 0 Å². The van der Waals surface area contributed by atoms with Crippen molar-refractivity contribution in [1.29, 1.82) is 0 Å². The first kappa shape index (κ1) is 11.4. The summed E-state index contributed by atoms with van der Waals surface area (Å²) in [5.74, 6) is 0. The van der Waals surface area contributed by atoms with Crippen LogP contribution in [0.1, 0.15) is 11.9 Å². The van der Waals surface area contributed by atoms with E-state index < -0.39 is 0 Å². The summed E-state index contributed by atoms with van der Waals surface area (Å²) in [6, 6.07) is 5.96. The van der Waals surface area contributed by atoms with Crippen LogP contribution in [-0.2, 0) is 6.54 Å². The lowest BCUT2D eigenvalue weighted by Gasteiger charge is -1.97.